The molecule has 2 N–H and O–H groups in total. The fourth-order valence-corrected chi connectivity index (χ4v) is 1.34. The number of aldehydes is 1. The van der Waals surface area contributed by atoms with Gasteiger partial charge in [-0.15, -0.1) is 0 Å². The molecule has 0 fully saturated rings. The van der Waals surface area contributed by atoms with Crippen molar-refractivity contribution in [3.05, 3.63) is 28.3 Å². The molecule has 1 rings (SSSR count). The quantitative estimate of drug-likeness (QED) is 0.616. The first-order valence-corrected chi connectivity index (χ1v) is 5.13. The van der Waals surface area contributed by atoms with E-state index in [0.29, 0.717) is 11.3 Å². The summed E-state index contributed by atoms with van der Waals surface area (Å²) in [7, 11) is 0. The maximum Gasteiger partial charge on any atom is 0.217 e. The highest BCUT2D eigenvalue weighted by atomic mass is 35.5. The van der Waals surface area contributed by atoms with Gasteiger partial charge in [0, 0.05) is 11.9 Å². The van der Waals surface area contributed by atoms with Crippen molar-refractivity contribution in [3.63, 3.8) is 0 Å². The molecule has 17 heavy (non-hydrogen) atoms. The second-order valence-corrected chi connectivity index (χ2v) is 3.66. The molecular weight excluding hydrogens is 242 g/mol. The second kappa shape index (κ2) is 5.92. The van der Waals surface area contributed by atoms with Crippen molar-refractivity contribution in [2.45, 2.75) is 6.92 Å². The SMILES string of the molecule is CC(=O)NCC#Cc1cc(Cl)cc(C=O)c1O. The summed E-state index contributed by atoms with van der Waals surface area (Å²) in [6.45, 7) is 1.54. The topological polar surface area (TPSA) is 66.4 Å². The number of nitrogens with one attached hydrogen (secondary N) is 1. The van der Waals surface area contributed by atoms with Gasteiger partial charge in [-0.2, -0.15) is 0 Å². The number of carbonyl (C=O) groups excluding carboxylic acids is 2. The Morgan fingerprint density at radius 1 is 1.59 bits per heavy atom. The summed E-state index contributed by atoms with van der Waals surface area (Å²) >= 11 is 5.76. The van der Waals surface area contributed by atoms with E-state index in [2.05, 4.69) is 17.2 Å². The number of hydrogen-bond donors (Lipinski definition) is 2. The van der Waals surface area contributed by atoms with Crippen LogP contribution in [-0.4, -0.2) is 23.8 Å². The molecule has 0 unspecified atom stereocenters. The number of rotatable bonds is 2. The van der Waals surface area contributed by atoms with Gasteiger partial charge in [0.1, 0.15) is 5.75 Å². The fraction of sp³-hybridized carbons (Fsp3) is 0.167. The highest BCUT2D eigenvalue weighted by Gasteiger charge is 2.06. The number of hydrogen-bond acceptors (Lipinski definition) is 3. The average molecular weight is 252 g/mol. The number of phenols is 1. The molecule has 88 valence electrons. The number of benzene rings is 1. The molecule has 0 bridgehead atoms. The van der Waals surface area contributed by atoms with Crippen molar-refractivity contribution >= 4 is 23.8 Å². The van der Waals surface area contributed by atoms with Crippen LogP contribution < -0.4 is 5.32 Å². The lowest BCUT2D eigenvalue weighted by Gasteiger charge is -2.01. The first-order chi connectivity index (χ1) is 8.04. The van der Waals surface area contributed by atoms with E-state index in [1.54, 1.807) is 0 Å². The number of phenolic OH excluding ortho intramolecular Hbond substituents is 1. The van der Waals surface area contributed by atoms with Gasteiger partial charge in [0.25, 0.3) is 0 Å². The third kappa shape index (κ3) is 3.82. The molecule has 0 spiro atoms. The van der Waals surface area contributed by atoms with Crippen LogP contribution in [-0.2, 0) is 4.79 Å². The molecule has 1 aromatic rings. The summed E-state index contributed by atoms with van der Waals surface area (Å²) in [5.74, 6) is 4.86. The zero-order valence-electron chi connectivity index (χ0n) is 9.08. The van der Waals surface area contributed by atoms with E-state index in [1.807, 2.05) is 0 Å². The third-order valence-electron chi connectivity index (χ3n) is 1.88. The van der Waals surface area contributed by atoms with Crippen LogP contribution in [0.5, 0.6) is 5.75 Å². The first-order valence-electron chi connectivity index (χ1n) is 4.75. The van der Waals surface area contributed by atoms with Gasteiger partial charge in [0.15, 0.2) is 6.29 Å². The second-order valence-electron chi connectivity index (χ2n) is 3.22. The van der Waals surface area contributed by atoms with Crippen molar-refractivity contribution in [3.8, 4) is 17.6 Å². The molecule has 0 heterocycles. The van der Waals surface area contributed by atoms with E-state index >= 15 is 0 Å². The van der Waals surface area contributed by atoms with Crippen molar-refractivity contribution in [2.24, 2.45) is 0 Å². The van der Waals surface area contributed by atoms with Gasteiger partial charge in [-0.05, 0) is 12.1 Å². The zero-order chi connectivity index (χ0) is 12.8. The van der Waals surface area contributed by atoms with Crippen molar-refractivity contribution in [1.82, 2.24) is 5.32 Å². The van der Waals surface area contributed by atoms with Gasteiger partial charge in [0.05, 0.1) is 17.7 Å². The summed E-state index contributed by atoms with van der Waals surface area (Å²) in [6, 6.07) is 2.80. The van der Waals surface area contributed by atoms with Crippen LogP contribution in [0.4, 0.5) is 0 Å². The molecule has 0 aliphatic carbocycles. The Hall–Kier alpha value is -1.99. The standard InChI is InChI=1S/C12H10ClNO3/c1-8(16)14-4-2-3-9-5-11(13)6-10(7-15)12(9)17/h5-7,17H,4H2,1H3,(H,14,16). The lowest BCUT2D eigenvalue weighted by atomic mass is 10.1. The van der Waals surface area contributed by atoms with Crippen molar-refractivity contribution < 1.29 is 14.7 Å². The lowest BCUT2D eigenvalue weighted by molar-refractivity contribution is -0.118. The van der Waals surface area contributed by atoms with Gasteiger partial charge in [-0.3, -0.25) is 9.59 Å². The molecule has 0 radical (unpaired) electrons. The van der Waals surface area contributed by atoms with Crippen LogP contribution >= 0.6 is 11.6 Å². The molecule has 0 saturated carbocycles. The van der Waals surface area contributed by atoms with Crippen LogP contribution in [0.1, 0.15) is 22.8 Å². The molecule has 0 saturated heterocycles. The highest BCUT2D eigenvalue weighted by Crippen LogP contribution is 2.24. The Bertz CT molecular complexity index is 514. The zero-order valence-corrected chi connectivity index (χ0v) is 9.84. The molecule has 5 heteroatoms. The normalized spacial score (nSPS) is 9.06. The summed E-state index contributed by atoms with van der Waals surface area (Å²) in [4.78, 5) is 21.2. The van der Waals surface area contributed by atoms with E-state index in [-0.39, 0.29) is 29.3 Å². The molecule has 0 atom stereocenters. The smallest absolute Gasteiger partial charge is 0.217 e. The predicted molar refractivity (Wildman–Crippen MR) is 64.1 cm³/mol. The maximum absolute atomic E-state index is 10.6. The summed E-state index contributed by atoms with van der Waals surface area (Å²) in [6.07, 6.45) is 0.500. The van der Waals surface area contributed by atoms with Gasteiger partial charge < -0.3 is 10.4 Å². The average Bonchev–Trinajstić information content (AvgIpc) is 2.28. The fourth-order valence-electron chi connectivity index (χ4n) is 1.11. The number of carbonyl (C=O) groups is 2. The Morgan fingerprint density at radius 2 is 2.29 bits per heavy atom. The highest BCUT2D eigenvalue weighted by molar-refractivity contribution is 6.31. The Morgan fingerprint density at radius 3 is 2.88 bits per heavy atom. The number of amides is 1. The van der Waals surface area contributed by atoms with E-state index in [1.165, 1.54) is 19.1 Å². The van der Waals surface area contributed by atoms with E-state index in [0.717, 1.165) is 0 Å². The van der Waals surface area contributed by atoms with Crippen LogP contribution in [0.25, 0.3) is 0 Å². The van der Waals surface area contributed by atoms with Crippen LogP contribution in [0, 0.1) is 11.8 Å². The van der Waals surface area contributed by atoms with Crippen molar-refractivity contribution in [2.75, 3.05) is 6.54 Å². The van der Waals surface area contributed by atoms with Gasteiger partial charge in [0.2, 0.25) is 5.91 Å². The summed E-state index contributed by atoms with van der Waals surface area (Å²) < 4.78 is 0. The Kier molecular flexibility index (Phi) is 4.56. The first kappa shape index (κ1) is 13.1. The Balaban J connectivity index is 2.94. The minimum absolute atomic E-state index is 0.0846. The summed E-state index contributed by atoms with van der Waals surface area (Å²) in [5.41, 5.74) is 0.339. The lowest BCUT2D eigenvalue weighted by Crippen LogP contribution is -2.19. The van der Waals surface area contributed by atoms with Crippen LogP contribution in [0.3, 0.4) is 0 Å². The van der Waals surface area contributed by atoms with Crippen molar-refractivity contribution in [1.29, 1.82) is 0 Å². The predicted octanol–water partition coefficient (Wildman–Crippen LogP) is 1.35. The molecule has 0 aliphatic rings. The van der Waals surface area contributed by atoms with Crippen LogP contribution in [0.2, 0.25) is 5.02 Å². The Labute approximate surface area is 104 Å². The number of aromatic hydroxyl groups is 1. The number of halogens is 1. The summed E-state index contributed by atoms with van der Waals surface area (Å²) in [5, 5.41) is 12.4. The monoisotopic (exact) mass is 251 g/mol. The largest absolute Gasteiger partial charge is 0.506 e. The molecule has 1 amide bonds. The molecule has 0 aliphatic heterocycles. The van der Waals surface area contributed by atoms with Gasteiger partial charge >= 0.3 is 0 Å². The minimum Gasteiger partial charge on any atom is -0.506 e. The van der Waals surface area contributed by atoms with Gasteiger partial charge in [-0.1, -0.05) is 23.4 Å². The minimum atomic E-state index is -0.209. The van der Waals surface area contributed by atoms with E-state index in [9.17, 15) is 14.7 Å². The maximum atomic E-state index is 10.6. The molecule has 1 aromatic carbocycles. The third-order valence-corrected chi connectivity index (χ3v) is 2.10. The van der Waals surface area contributed by atoms with Gasteiger partial charge in [-0.25, -0.2) is 0 Å². The molecule has 4 nitrogen and oxygen atoms in total. The van der Waals surface area contributed by atoms with E-state index in [4.69, 9.17) is 11.6 Å². The van der Waals surface area contributed by atoms with E-state index < -0.39 is 0 Å². The van der Waals surface area contributed by atoms with Crippen LogP contribution in [0.15, 0.2) is 12.1 Å². The molecule has 0 aromatic heterocycles. The molecular formula is C12H10ClNO3.